The van der Waals surface area contributed by atoms with Crippen LogP contribution in [0, 0.1) is 13.8 Å². The highest BCUT2D eigenvalue weighted by atomic mass is 79.9. The SMILES string of the molecule is COC(=O)c1ccc(OCc2ccc(C(=O)NCCCn3nc(C)c(Br)c3C)o2)cc1. The molecular weight excluding hydrogens is 466 g/mol. The smallest absolute Gasteiger partial charge is 0.337 e. The summed E-state index contributed by atoms with van der Waals surface area (Å²) >= 11 is 3.51. The quantitative estimate of drug-likeness (QED) is 0.359. The molecule has 3 rings (SSSR count). The minimum absolute atomic E-state index is 0.164. The van der Waals surface area contributed by atoms with Crippen molar-refractivity contribution in [2.75, 3.05) is 13.7 Å². The Morgan fingerprint density at radius 2 is 1.90 bits per heavy atom. The summed E-state index contributed by atoms with van der Waals surface area (Å²) in [5.74, 6) is 0.647. The Kier molecular flexibility index (Phi) is 7.51. The van der Waals surface area contributed by atoms with E-state index in [1.165, 1.54) is 7.11 Å². The van der Waals surface area contributed by atoms with Gasteiger partial charge in [0.1, 0.15) is 18.1 Å². The van der Waals surface area contributed by atoms with Gasteiger partial charge in [-0.05, 0) is 72.6 Å². The number of rotatable bonds is 9. The van der Waals surface area contributed by atoms with Crippen molar-refractivity contribution in [3.05, 3.63) is 69.3 Å². The first kappa shape index (κ1) is 22.6. The molecule has 1 amide bonds. The lowest BCUT2D eigenvalue weighted by Crippen LogP contribution is -2.25. The molecule has 0 unspecified atom stereocenters. The fourth-order valence-electron chi connectivity index (χ4n) is 2.95. The molecule has 0 aliphatic rings. The molecule has 0 aliphatic carbocycles. The van der Waals surface area contributed by atoms with Gasteiger partial charge in [0, 0.05) is 18.8 Å². The molecule has 0 fully saturated rings. The lowest BCUT2D eigenvalue weighted by Gasteiger charge is -2.06. The van der Waals surface area contributed by atoms with Crippen molar-refractivity contribution in [2.45, 2.75) is 33.4 Å². The number of esters is 1. The number of carbonyl (C=O) groups excluding carboxylic acids is 2. The van der Waals surface area contributed by atoms with Gasteiger partial charge in [0.2, 0.25) is 0 Å². The number of ether oxygens (including phenoxy) is 2. The normalized spacial score (nSPS) is 10.7. The summed E-state index contributed by atoms with van der Waals surface area (Å²) in [5, 5.41) is 7.30. The monoisotopic (exact) mass is 489 g/mol. The molecule has 8 nitrogen and oxygen atoms in total. The summed E-state index contributed by atoms with van der Waals surface area (Å²) in [6.07, 6.45) is 0.748. The molecule has 0 saturated heterocycles. The van der Waals surface area contributed by atoms with Crippen LogP contribution in [-0.4, -0.2) is 35.3 Å². The van der Waals surface area contributed by atoms with Gasteiger partial charge in [-0.3, -0.25) is 9.48 Å². The summed E-state index contributed by atoms with van der Waals surface area (Å²) in [7, 11) is 1.33. The second kappa shape index (κ2) is 10.3. The lowest BCUT2D eigenvalue weighted by atomic mass is 10.2. The molecule has 2 aromatic heterocycles. The van der Waals surface area contributed by atoms with E-state index in [1.54, 1.807) is 36.4 Å². The van der Waals surface area contributed by atoms with Crippen molar-refractivity contribution < 1.29 is 23.5 Å². The van der Waals surface area contributed by atoms with Crippen LogP contribution < -0.4 is 10.1 Å². The number of aromatic nitrogens is 2. The molecule has 9 heteroatoms. The highest BCUT2D eigenvalue weighted by Crippen LogP contribution is 2.20. The van der Waals surface area contributed by atoms with Gasteiger partial charge in [-0.25, -0.2) is 4.79 Å². The Morgan fingerprint density at radius 3 is 2.55 bits per heavy atom. The van der Waals surface area contributed by atoms with Crippen molar-refractivity contribution in [2.24, 2.45) is 0 Å². The van der Waals surface area contributed by atoms with E-state index in [-0.39, 0.29) is 18.3 Å². The zero-order chi connectivity index (χ0) is 22.4. The second-order valence-corrected chi connectivity index (χ2v) is 7.68. The van der Waals surface area contributed by atoms with Crippen LogP contribution in [0.1, 0.15) is 44.5 Å². The number of carbonyl (C=O) groups is 2. The molecule has 0 radical (unpaired) electrons. The zero-order valence-electron chi connectivity index (χ0n) is 17.6. The first-order valence-corrected chi connectivity index (χ1v) is 10.6. The summed E-state index contributed by atoms with van der Waals surface area (Å²) < 4.78 is 18.8. The van der Waals surface area contributed by atoms with Gasteiger partial charge in [0.25, 0.3) is 5.91 Å². The Hall–Kier alpha value is -3.07. The summed E-state index contributed by atoms with van der Waals surface area (Å²) in [6.45, 7) is 5.34. The zero-order valence-corrected chi connectivity index (χ0v) is 19.2. The maximum absolute atomic E-state index is 12.3. The van der Waals surface area contributed by atoms with Crippen LogP contribution in [0.2, 0.25) is 0 Å². The van der Waals surface area contributed by atoms with E-state index in [2.05, 4.69) is 31.1 Å². The molecule has 0 aliphatic heterocycles. The predicted octanol–water partition coefficient (Wildman–Crippen LogP) is 4.04. The Morgan fingerprint density at radius 1 is 1.16 bits per heavy atom. The molecule has 0 spiro atoms. The minimum Gasteiger partial charge on any atom is -0.486 e. The lowest BCUT2D eigenvalue weighted by molar-refractivity contribution is 0.0600. The number of aryl methyl sites for hydroxylation is 2. The van der Waals surface area contributed by atoms with E-state index in [1.807, 2.05) is 18.5 Å². The molecule has 1 N–H and O–H groups in total. The topological polar surface area (TPSA) is 95.6 Å². The number of amides is 1. The predicted molar refractivity (Wildman–Crippen MR) is 117 cm³/mol. The third kappa shape index (κ3) is 5.75. The van der Waals surface area contributed by atoms with E-state index in [0.717, 1.165) is 22.3 Å². The van der Waals surface area contributed by atoms with Gasteiger partial charge in [-0.2, -0.15) is 5.10 Å². The van der Waals surface area contributed by atoms with Crippen LogP contribution in [-0.2, 0) is 17.9 Å². The fraction of sp³-hybridized carbons (Fsp3) is 0.318. The second-order valence-electron chi connectivity index (χ2n) is 6.89. The van der Waals surface area contributed by atoms with Crippen molar-refractivity contribution in [1.82, 2.24) is 15.1 Å². The highest BCUT2D eigenvalue weighted by Gasteiger charge is 2.12. The van der Waals surface area contributed by atoms with Crippen molar-refractivity contribution >= 4 is 27.8 Å². The number of furan rings is 1. The van der Waals surface area contributed by atoms with Gasteiger partial charge in [-0.15, -0.1) is 0 Å². The van der Waals surface area contributed by atoms with Gasteiger partial charge >= 0.3 is 5.97 Å². The standard InChI is InChI=1S/C22H24BrN3O5/c1-14-20(23)15(2)26(25-14)12-4-11-24-21(27)19-10-9-18(31-19)13-30-17-7-5-16(6-8-17)22(28)29-3/h5-10H,4,11-13H2,1-3H3,(H,24,27). The van der Waals surface area contributed by atoms with Crippen molar-refractivity contribution in [3.63, 3.8) is 0 Å². The van der Waals surface area contributed by atoms with Crippen LogP contribution >= 0.6 is 15.9 Å². The van der Waals surface area contributed by atoms with Gasteiger partial charge < -0.3 is 19.2 Å². The summed E-state index contributed by atoms with van der Waals surface area (Å²) in [4.78, 5) is 23.7. The largest absolute Gasteiger partial charge is 0.486 e. The number of nitrogens with one attached hydrogen (secondary N) is 1. The molecule has 1 aromatic carbocycles. The van der Waals surface area contributed by atoms with Crippen LogP contribution in [0.3, 0.4) is 0 Å². The maximum Gasteiger partial charge on any atom is 0.337 e. The van der Waals surface area contributed by atoms with Crippen LogP contribution in [0.25, 0.3) is 0 Å². The first-order valence-electron chi connectivity index (χ1n) is 9.76. The van der Waals surface area contributed by atoms with Crippen molar-refractivity contribution in [3.8, 4) is 5.75 Å². The summed E-state index contributed by atoms with van der Waals surface area (Å²) in [6, 6.07) is 9.89. The first-order chi connectivity index (χ1) is 14.9. The third-order valence-corrected chi connectivity index (χ3v) is 5.82. The number of methoxy groups -OCH3 is 1. The van der Waals surface area contributed by atoms with E-state index in [9.17, 15) is 9.59 Å². The Bertz CT molecular complexity index is 1060. The van der Waals surface area contributed by atoms with E-state index in [4.69, 9.17) is 9.15 Å². The Balaban J connectivity index is 1.43. The van der Waals surface area contributed by atoms with E-state index >= 15 is 0 Å². The molecule has 0 saturated carbocycles. The van der Waals surface area contributed by atoms with Gasteiger partial charge in [-0.1, -0.05) is 0 Å². The number of halogens is 1. The van der Waals surface area contributed by atoms with E-state index in [0.29, 0.717) is 30.2 Å². The van der Waals surface area contributed by atoms with E-state index < -0.39 is 5.97 Å². The fourth-order valence-corrected chi connectivity index (χ4v) is 3.23. The average Bonchev–Trinajstić information content (AvgIpc) is 3.35. The minimum atomic E-state index is -0.407. The Labute approximate surface area is 188 Å². The van der Waals surface area contributed by atoms with Crippen LogP contribution in [0.5, 0.6) is 5.75 Å². The number of hydrogen-bond acceptors (Lipinski definition) is 6. The molecule has 0 atom stereocenters. The molecule has 31 heavy (non-hydrogen) atoms. The van der Waals surface area contributed by atoms with Crippen molar-refractivity contribution in [1.29, 1.82) is 0 Å². The van der Waals surface area contributed by atoms with Gasteiger partial charge in [0.05, 0.1) is 22.8 Å². The molecular formula is C22H24BrN3O5. The molecule has 2 heterocycles. The maximum atomic E-state index is 12.3. The summed E-state index contributed by atoms with van der Waals surface area (Å²) in [5.41, 5.74) is 2.46. The van der Waals surface area contributed by atoms with Gasteiger partial charge in [0.15, 0.2) is 5.76 Å². The third-order valence-electron chi connectivity index (χ3n) is 4.67. The number of nitrogens with zero attached hydrogens (tertiary/aromatic N) is 2. The average molecular weight is 490 g/mol. The van der Waals surface area contributed by atoms with Crippen LogP contribution in [0.4, 0.5) is 0 Å². The highest BCUT2D eigenvalue weighted by molar-refractivity contribution is 9.10. The number of hydrogen-bond donors (Lipinski definition) is 1. The molecule has 0 bridgehead atoms. The molecule has 164 valence electrons. The van der Waals surface area contributed by atoms with Crippen LogP contribution in [0.15, 0.2) is 45.3 Å². The molecule has 3 aromatic rings. The number of benzene rings is 1.